The maximum absolute atomic E-state index is 14.0. The van der Waals surface area contributed by atoms with Crippen LogP contribution in [0.4, 0.5) is 15.9 Å². The molecule has 2 N–H and O–H groups in total. The number of hydrogen-bond donors (Lipinski definition) is 2. The molecule has 3 heterocycles. The number of aromatic nitrogens is 3. The van der Waals surface area contributed by atoms with Crippen molar-refractivity contribution in [3.8, 4) is 28.3 Å². The summed E-state index contributed by atoms with van der Waals surface area (Å²) in [5.74, 6) is 1.50. The number of phenolic OH excluding ortho intramolecular Hbond substituents is 1. The lowest BCUT2D eigenvalue weighted by atomic mass is 9.97. The zero-order chi connectivity index (χ0) is 20.7. The molecule has 0 aromatic heterocycles. The summed E-state index contributed by atoms with van der Waals surface area (Å²) in [7, 11) is 0. The molecule has 150 valence electrons. The Balaban J connectivity index is 1.74. The number of pyridine rings is 1. The Morgan fingerprint density at radius 3 is 2.87 bits per heavy atom. The van der Waals surface area contributed by atoms with Crippen molar-refractivity contribution in [3.63, 3.8) is 0 Å². The third-order valence-electron chi connectivity index (χ3n) is 5.30. The summed E-state index contributed by atoms with van der Waals surface area (Å²) >= 11 is 0. The zero-order valence-corrected chi connectivity index (χ0v) is 16.4. The van der Waals surface area contributed by atoms with Crippen LogP contribution in [0.3, 0.4) is 0 Å². The average molecular weight is 401 g/mol. The average Bonchev–Trinajstić information content (AvgIpc) is 2.77. The number of phenols is 1. The van der Waals surface area contributed by atoms with E-state index in [1.54, 1.807) is 36.5 Å². The number of para-hydroxylation sites is 1. The molecule has 0 aliphatic carbocycles. The number of hydrogen-bond acceptors (Lipinski definition) is 5. The molecule has 0 bridgehead atoms. The van der Waals surface area contributed by atoms with E-state index >= 15 is 0 Å². The van der Waals surface area contributed by atoms with Crippen molar-refractivity contribution < 1.29 is 9.50 Å². The third-order valence-corrected chi connectivity index (χ3v) is 5.30. The van der Waals surface area contributed by atoms with Crippen molar-refractivity contribution in [3.05, 3.63) is 71.7 Å². The second-order valence-corrected chi connectivity index (χ2v) is 7.35. The Kier molecular flexibility index (Phi) is 4.43. The van der Waals surface area contributed by atoms with Gasteiger partial charge >= 0.3 is 0 Å². The molecule has 0 radical (unpaired) electrons. The molecule has 2 aromatic carbocycles. The normalized spacial score (nSPS) is 13.9. The molecule has 0 unspecified atom stereocenters. The highest BCUT2D eigenvalue weighted by Gasteiger charge is 2.22. The van der Waals surface area contributed by atoms with Crippen LogP contribution < -0.4 is 10.9 Å². The quantitative estimate of drug-likeness (QED) is 0.527. The fourth-order valence-corrected chi connectivity index (χ4v) is 3.83. The molecular formula is C23H20FN5O. The van der Waals surface area contributed by atoms with Gasteiger partial charge in [0.2, 0.25) is 0 Å². The Morgan fingerprint density at radius 1 is 1.13 bits per heavy atom. The summed E-state index contributed by atoms with van der Waals surface area (Å²) in [5.41, 5.74) is 4.28. The molecule has 0 amide bonds. The molecule has 30 heavy (non-hydrogen) atoms. The van der Waals surface area contributed by atoms with Crippen LogP contribution in [-0.4, -0.2) is 26.2 Å². The van der Waals surface area contributed by atoms with Crippen LogP contribution in [0, 0.1) is 12.7 Å². The predicted octanol–water partition coefficient (Wildman–Crippen LogP) is 4.25. The monoisotopic (exact) mass is 401 g/mol. The molecule has 0 saturated carbocycles. The van der Waals surface area contributed by atoms with Gasteiger partial charge in [0.25, 0.3) is 5.62 Å². The van der Waals surface area contributed by atoms with Crippen molar-refractivity contribution in [1.29, 1.82) is 0 Å². The Bertz CT molecular complexity index is 1300. The van der Waals surface area contributed by atoms with E-state index in [0.717, 1.165) is 53.4 Å². The van der Waals surface area contributed by atoms with Crippen molar-refractivity contribution in [1.82, 2.24) is 14.5 Å². The Morgan fingerprint density at radius 2 is 2.00 bits per heavy atom. The van der Waals surface area contributed by atoms with Crippen molar-refractivity contribution in [2.45, 2.75) is 19.9 Å². The molecule has 0 fully saturated rings. The van der Waals surface area contributed by atoms with Gasteiger partial charge in [0.1, 0.15) is 28.9 Å². The second kappa shape index (κ2) is 7.26. The first-order chi connectivity index (χ1) is 14.6. The van der Waals surface area contributed by atoms with E-state index in [1.807, 2.05) is 19.1 Å². The minimum atomic E-state index is -0.410. The summed E-state index contributed by atoms with van der Waals surface area (Å²) in [6.07, 6.45) is 2.67. The van der Waals surface area contributed by atoms with E-state index in [2.05, 4.69) is 24.8 Å². The second-order valence-electron chi connectivity index (χ2n) is 7.35. The molecular weight excluding hydrogens is 381 g/mol. The molecule has 6 nitrogen and oxygen atoms in total. The van der Waals surface area contributed by atoms with Crippen LogP contribution in [-0.2, 0) is 6.54 Å². The first-order valence-electron chi connectivity index (χ1n) is 9.84. The number of nitrogens with zero attached hydrogens (tertiary/aromatic N) is 4. The van der Waals surface area contributed by atoms with E-state index in [4.69, 9.17) is 0 Å². The summed E-state index contributed by atoms with van der Waals surface area (Å²) in [6.45, 7) is 3.67. The minimum absolute atomic E-state index is 0.209. The first kappa shape index (κ1) is 18.3. The van der Waals surface area contributed by atoms with Gasteiger partial charge in [-0.2, -0.15) is 4.98 Å². The number of aryl methyl sites for hydroxylation is 1. The molecule has 7 heteroatoms. The lowest BCUT2D eigenvalue weighted by Crippen LogP contribution is -2.25. The molecule has 0 spiro atoms. The number of aromatic hydroxyl groups is 1. The summed E-state index contributed by atoms with van der Waals surface area (Å²) in [6, 6.07) is 13.7. The molecule has 3 aliphatic heterocycles. The standard InChI is InChI=1S/C23H20FN5O/c1-14-7-8-16(30)12-17(14)18-11-15-13-26-23(27-20-6-3-2-5-19(20)24)28-21(15)29-10-4-9-25-22(18)29/h2-3,5-8,11-13,25,30H,4,9-10H2,1H3. The maximum Gasteiger partial charge on any atom is 0.251 e. The number of anilines is 1. The van der Waals surface area contributed by atoms with Crippen LogP contribution in [0.25, 0.3) is 22.5 Å². The summed E-state index contributed by atoms with van der Waals surface area (Å²) < 4.78 is 16.1. The summed E-state index contributed by atoms with van der Waals surface area (Å²) in [4.78, 5) is 13.3. The summed E-state index contributed by atoms with van der Waals surface area (Å²) in [5, 5.41) is 13.5. The predicted molar refractivity (Wildman–Crippen MR) is 113 cm³/mol. The largest absolute Gasteiger partial charge is 0.508 e. The van der Waals surface area contributed by atoms with Gasteiger partial charge < -0.3 is 15.0 Å². The fraction of sp³-hybridized carbons (Fsp3) is 0.174. The number of nitrogens with one attached hydrogen (secondary N) is 1. The van der Waals surface area contributed by atoms with Gasteiger partial charge in [0.15, 0.2) is 0 Å². The van der Waals surface area contributed by atoms with Gasteiger partial charge in [-0.1, -0.05) is 18.2 Å². The van der Waals surface area contributed by atoms with Gasteiger partial charge in [0.05, 0.1) is 0 Å². The Hall–Kier alpha value is -3.74. The minimum Gasteiger partial charge on any atom is -0.508 e. The maximum atomic E-state index is 14.0. The molecule has 5 rings (SSSR count). The highest BCUT2D eigenvalue weighted by Crippen LogP contribution is 2.38. The smallest absolute Gasteiger partial charge is 0.251 e. The molecule has 0 saturated heterocycles. The van der Waals surface area contributed by atoms with Crippen LogP contribution in [0.5, 0.6) is 5.75 Å². The van der Waals surface area contributed by atoms with E-state index in [1.165, 1.54) is 6.07 Å². The van der Waals surface area contributed by atoms with Crippen LogP contribution in [0.1, 0.15) is 12.0 Å². The molecule has 0 atom stereocenters. The van der Waals surface area contributed by atoms with Gasteiger partial charge in [-0.3, -0.25) is 0 Å². The number of halogens is 1. The third kappa shape index (κ3) is 3.18. The number of fused-ring (bicyclic) bond motifs is 3. The van der Waals surface area contributed by atoms with Gasteiger partial charge in [0, 0.05) is 30.4 Å². The highest BCUT2D eigenvalue weighted by atomic mass is 19.1. The van der Waals surface area contributed by atoms with E-state index in [-0.39, 0.29) is 17.1 Å². The molecule has 3 aliphatic rings. The van der Waals surface area contributed by atoms with Crippen LogP contribution in [0.2, 0.25) is 0 Å². The topological polar surface area (TPSA) is 75.3 Å². The fourth-order valence-electron chi connectivity index (χ4n) is 3.83. The van der Waals surface area contributed by atoms with Gasteiger partial charge in [-0.15, -0.1) is 0 Å². The number of benzene rings is 2. The van der Waals surface area contributed by atoms with Crippen molar-refractivity contribution >= 4 is 11.5 Å². The first-order valence-corrected chi connectivity index (χ1v) is 9.84. The molecule has 2 aromatic rings. The Labute approximate surface area is 172 Å². The van der Waals surface area contributed by atoms with E-state index in [9.17, 15) is 9.50 Å². The SMILES string of the molecule is Cc1ccc(O)cc1-c1cc2cnc(=Nc3ccccc3F)nc-2n2c1NCCC2. The van der Waals surface area contributed by atoms with Crippen LogP contribution >= 0.6 is 0 Å². The van der Waals surface area contributed by atoms with Gasteiger partial charge in [-0.05, 0) is 54.8 Å². The van der Waals surface area contributed by atoms with Gasteiger partial charge in [-0.25, -0.2) is 14.4 Å². The lowest BCUT2D eigenvalue weighted by Gasteiger charge is -2.28. The zero-order valence-electron chi connectivity index (χ0n) is 16.4. The van der Waals surface area contributed by atoms with E-state index in [0.29, 0.717) is 0 Å². The lowest BCUT2D eigenvalue weighted by molar-refractivity contribution is 0.475. The van der Waals surface area contributed by atoms with E-state index < -0.39 is 5.82 Å². The highest BCUT2D eigenvalue weighted by molar-refractivity contribution is 5.83. The van der Waals surface area contributed by atoms with Crippen molar-refractivity contribution in [2.75, 3.05) is 11.9 Å². The van der Waals surface area contributed by atoms with Crippen molar-refractivity contribution in [2.24, 2.45) is 4.99 Å². The van der Waals surface area contributed by atoms with Crippen LogP contribution in [0.15, 0.2) is 59.7 Å². The number of rotatable bonds is 2.